The van der Waals surface area contributed by atoms with Crippen LogP contribution in [0, 0.1) is 0 Å². The van der Waals surface area contributed by atoms with Crippen LogP contribution in [0.25, 0.3) is 0 Å². The first-order valence-electron chi connectivity index (χ1n) is 6.47. The van der Waals surface area contributed by atoms with Crippen LogP contribution in [0.5, 0.6) is 0 Å². The fourth-order valence-electron chi connectivity index (χ4n) is 2.30. The van der Waals surface area contributed by atoms with E-state index in [2.05, 4.69) is 56.6 Å². The Morgan fingerprint density at radius 2 is 2.44 bits per heavy atom. The molecule has 0 aromatic carbocycles. The molecule has 18 heavy (non-hydrogen) atoms. The van der Waals surface area contributed by atoms with Crippen molar-refractivity contribution in [2.75, 3.05) is 46.8 Å². The maximum Gasteiger partial charge on any atom is 0.0345 e. The lowest BCUT2D eigenvalue weighted by Crippen LogP contribution is -2.53. The summed E-state index contributed by atoms with van der Waals surface area (Å²) in [5.41, 5.74) is 0. The van der Waals surface area contributed by atoms with E-state index < -0.39 is 0 Å². The Hall–Kier alpha value is 0.0600. The van der Waals surface area contributed by atoms with Crippen LogP contribution in [0.3, 0.4) is 0 Å². The minimum atomic E-state index is 0.652. The molecule has 1 aromatic heterocycles. The van der Waals surface area contributed by atoms with Gasteiger partial charge in [0.05, 0.1) is 0 Å². The van der Waals surface area contributed by atoms with Crippen molar-refractivity contribution >= 4 is 27.3 Å². The van der Waals surface area contributed by atoms with Gasteiger partial charge in [0, 0.05) is 53.5 Å². The van der Waals surface area contributed by atoms with E-state index in [9.17, 15) is 0 Å². The van der Waals surface area contributed by atoms with Crippen molar-refractivity contribution in [3.63, 3.8) is 0 Å². The molecule has 1 saturated heterocycles. The number of nitrogens with one attached hydrogen (secondary N) is 1. The molecule has 2 rings (SSSR count). The third-order valence-electron chi connectivity index (χ3n) is 3.53. The van der Waals surface area contributed by atoms with Crippen LogP contribution < -0.4 is 5.32 Å². The zero-order valence-electron chi connectivity index (χ0n) is 11.2. The lowest BCUT2D eigenvalue weighted by Gasteiger charge is -2.35. The van der Waals surface area contributed by atoms with Crippen molar-refractivity contribution in [2.45, 2.75) is 12.5 Å². The predicted molar refractivity (Wildman–Crippen MR) is 82.5 cm³/mol. The summed E-state index contributed by atoms with van der Waals surface area (Å²) in [4.78, 5) is 6.38. The Bertz CT molecular complexity index is 369. The molecule has 3 nitrogen and oxygen atoms in total. The van der Waals surface area contributed by atoms with Gasteiger partial charge < -0.3 is 10.2 Å². The summed E-state index contributed by atoms with van der Waals surface area (Å²) in [6.07, 6.45) is 1.15. The van der Waals surface area contributed by atoms with E-state index in [1.807, 2.05) is 11.3 Å². The normalized spacial score (nSPS) is 21.7. The van der Waals surface area contributed by atoms with Gasteiger partial charge in [0.2, 0.25) is 0 Å². The molecular formula is C13H22BrN3S. The third kappa shape index (κ3) is 4.31. The Morgan fingerprint density at radius 1 is 1.61 bits per heavy atom. The Balaban J connectivity index is 1.72. The number of hydrogen-bond acceptors (Lipinski definition) is 4. The minimum absolute atomic E-state index is 0.652. The number of likely N-dealkylation sites (N-methyl/N-ethyl adjacent to an activating group) is 2. The van der Waals surface area contributed by atoms with Gasteiger partial charge in [-0.05, 0) is 42.5 Å². The number of rotatable bonds is 5. The largest absolute Gasteiger partial charge is 0.314 e. The molecule has 2 heterocycles. The zero-order chi connectivity index (χ0) is 13.0. The van der Waals surface area contributed by atoms with Gasteiger partial charge >= 0.3 is 0 Å². The van der Waals surface area contributed by atoms with Gasteiger partial charge in [-0.15, -0.1) is 11.3 Å². The monoisotopic (exact) mass is 331 g/mol. The summed E-state index contributed by atoms with van der Waals surface area (Å²) in [6, 6.07) is 2.88. The predicted octanol–water partition coefficient (Wildman–Crippen LogP) is 1.89. The molecular weight excluding hydrogens is 310 g/mol. The fourth-order valence-corrected chi connectivity index (χ4v) is 3.75. The Morgan fingerprint density at radius 3 is 3.11 bits per heavy atom. The van der Waals surface area contributed by atoms with Crippen LogP contribution in [0.4, 0.5) is 0 Å². The number of halogens is 1. The molecule has 0 radical (unpaired) electrons. The van der Waals surface area contributed by atoms with Crippen molar-refractivity contribution < 1.29 is 0 Å². The standard InChI is InChI=1S/C13H22BrN3S/c1-16(5-3-13-7-11(14)10-18-13)9-12-8-15-4-6-17(12)2/h7,10,12,15H,3-6,8-9H2,1-2H3. The van der Waals surface area contributed by atoms with Crippen molar-refractivity contribution in [1.82, 2.24) is 15.1 Å². The minimum Gasteiger partial charge on any atom is -0.314 e. The van der Waals surface area contributed by atoms with Crippen LogP contribution in [-0.4, -0.2) is 62.7 Å². The Labute approximate surface area is 122 Å². The summed E-state index contributed by atoms with van der Waals surface area (Å²) in [7, 11) is 4.46. The molecule has 102 valence electrons. The highest BCUT2D eigenvalue weighted by Crippen LogP contribution is 2.20. The molecule has 1 aliphatic heterocycles. The molecule has 5 heteroatoms. The van der Waals surface area contributed by atoms with E-state index >= 15 is 0 Å². The van der Waals surface area contributed by atoms with Gasteiger partial charge in [-0.2, -0.15) is 0 Å². The molecule has 1 atom stereocenters. The number of nitrogens with zero attached hydrogens (tertiary/aromatic N) is 2. The first-order chi connectivity index (χ1) is 8.65. The highest BCUT2D eigenvalue weighted by Gasteiger charge is 2.19. The van der Waals surface area contributed by atoms with E-state index in [1.54, 1.807) is 0 Å². The average Bonchev–Trinajstić information content (AvgIpc) is 2.76. The number of hydrogen-bond donors (Lipinski definition) is 1. The Kier molecular flexibility index (Phi) is 5.63. The van der Waals surface area contributed by atoms with Gasteiger partial charge in [-0.1, -0.05) is 0 Å². The molecule has 0 bridgehead atoms. The molecule has 1 fully saturated rings. The second-order valence-electron chi connectivity index (χ2n) is 5.08. The summed E-state index contributed by atoms with van der Waals surface area (Å²) in [5, 5.41) is 5.64. The quantitative estimate of drug-likeness (QED) is 0.888. The van der Waals surface area contributed by atoms with Gasteiger partial charge in [0.15, 0.2) is 0 Å². The summed E-state index contributed by atoms with van der Waals surface area (Å²) >= 11 is 5.35. The molecule has 1 aromatic rings. The van der Waals surface area contributed by atoms with Crippen molar-refractivity contribution in [3.05, 3.63) is 20.8 Å². The SMILES string of the molecule is CN(CCc1cc(Br)cs1)CC1CNCCN1C. The van der Waals surface area contributed by atoms with Gasteiger partial charge in [-0.3, -0.25) is 4.90 Å². The molecule has 1 N–H and O–H groups in total. The van der Waals surface area contributed by atoms with E-state index in [4.69, 9.17) is 0 Å². The van der Waals surface area contributed by atoms with Crippen LogP contribution in [0.15, 0.2) is 15.9 Å². The summed E-state index contributed by atoms with van der Waals surface area (Å²) in [6.45, 7) is 5.69. The smallest absolute Gasteiger partial charge is 0.0345 e. The third-order valence-corrected chi connectivity index (χ3v) is 5.29. The molecule has 0 aliphatic carbocycles. The number of thiophene rings is 1. The first-order valence-corrected chi connectivity index (χ1v) is 8.15. The second-order valence-corrected chi connectivity index (χ2v) is 6.99. The van der Waals surface area contributed by atoms with Crippen molar-refractivity contribution in [3.8, 4) is 0 Å². The lowest BCUT2D eigenvalue weighted by atomic mass is 10.2. The topological polar surface area (TPSA) is 18.5 Å². The molecule has 0 amide bonds. The lowest BCUT2D eigenvalue weighted by molar-refractivity contribution is 0.153. The second kappa shape index (κ2) is 7.01. The van der Waals surface area contributed by atoms with Crippen LogP contribution in [-0.2, 0) is 6.42 Å². The van der Waals surface area contributed by atoms with Crippen LogP contribution in [0.1, 0.15) is 4.88 Å². The van der Waals surface area contributed by atoms with E-state index in [0.29, 0.717) is 6.04 Å². The van der Waals surface area contributed by atoms with Gasteiger partial charge in [-0.25, -0.2) is 0 Å². The molecule has 1 aliphatic rings. The zero-order valence-corrected chi connectivity index (χ0v) is 13.6. The first kappa shape index (κ1) is 14.5. The fraction of sp³-hybridized carbons (Fsp3) is 0.692. The highest BCUT2D eigenvalue weighted by atomic mass is 79.9. The van der Waals surface area contributed by atoms with E-state index in [-0.39, 0.29) is 0 Å². The molecule has 0 saturated carbocycles. The highest BCUT2D eigenvalue weighted by molar-refractivity contribution is 9.10. The van der Waals surface area contributed by atoms with E-state index in [0.717, 1.165) is 39.1 Å². The summed E-state index contributed by atoms with van der Waals surface area (Å²) in [5.74, 6) is 0. The van der Waals surface area contributed by atoms with E-state index in [1.165, 1.54) is 9.35 Å². The van der Waals surface area contributed by atoms with Gasteiger partial charge in [0.1, 0.15) is 0 Å². The van der Waals surface area contributed by atoms with Crippen LogP contribution in [0.2, 0.25) is 0 Å². The van der Waals surface area contributed by atoms with Crippen LogP contribution >= 0.6 is 27.3 Å². The summed E-state index contributed by atoms with van der Waals surface area (Å²) < 4.78 is 1.21. The van der Waals surface area contributed by atoms with Gasteiger partial charge in [0.25, 0.3) is 0 Å². The van der Waals surface area contributed by atoms with Crippen molar-refractivity contribution in [2.24, 2.45) is 0 Å². The van der Waals surface area contributed by atoms with Crippen molar-refractivity contribution in [1.29, 1.82) is 0 Å². The molecule has 1 unspecified atom stereocenters. The number of piperazine rings is 1. The maximum atomic E-state index is 3.51. The average molecular weight is 332 g/mol. The molecule has 0 spiro atoms. The maximum absolute atomic E-state index is 3.51.